The van der Waals surface area contributed by atoms with Crippen molar-refractivity contribution in [3.8, 4) is 0 Å². The summed E-state index contributed by atoms with van der Waals surface area (Å²) in [7, 11) is 0. The Kier molecular flexibility index (Phi) is 8.13. The molecule has 0 aliphatic carbocycles. The fourth-order valence-electron chi connectivity index (χ4n) is 1.82. The summed E-state index contributed by atoms with van der Waals surface area (Å²) >= 11 is 0. The normalized spacial score (nSPS) is 14.5. The lowest BCUT2D eigenvalue weighted by Gasteiger charge is -2.24. The molecule has 0 N–H and O–H groups in total. The molecule has 1 atom stereocenters. The third kappa shape index (κ3) is 9.29. The van der Waals surface area contributed by atoms with Gasteiger partial charge in [0.1, 0.15) is 5.60 Å². The number of ether oxygens (including phenoxy) is 1. The van der Waals surface area contributed by atoms with Crippen LogP contribution in [0.5, 0.6) is 0 Å². The zero-order valence-corrected chi connectivity index (χ0v) is 13.1. The van der Waals surface area contributed by atoms with E-state index in [-0.39, 0.29) is 5.97 Å². The molecule has 2 heteroatoms. The standard InChI is InChI=1S/C17H28O2/c1-7-17(6,19-16(5)18)13-9-12-15(4)11-8-10-14(2)3/h7,10,12H,1,8-9,11,13H2,2-6H3/b15-12-/t17-/m0/s1. The molecule has 0 amide bonds. The van der Waals surface area contributed by atoms with E-state index in [1.165, 1.54) is 18.1 Å². The number of carbonyl (C=O) groups excluding carboxylic acids is 1. The SMILES string of the molecule is C=C[C@@](C)(CC/C=C(/C)CCC=C(C)C)OC(C)=O. The van der Waals surface area contributed by atoms with Crippen molar-refractivity contribution in [3.63, 3.8) is 0 Å². The summed E-state index contributed by atoms with van der Waals surface area (Å²) in [5.74, 6) is -0.258. The summed E-state index contributed by atoms with van der Waals surface area (Å²) in [6, 6.07) is 0. The van der Waals surface area contributed by atoms with Crippen LogP contribution in [0.15, 0.2) is 36.0 Å². The van der Waals surface area contributed by atoms with E-state index in [0.29, 0.717) is 0 Å². The summed E-state index contributed by atoms with van der Waals surface area (Å²) < 4.78 is 5.29. The molecule has 0 rings (SSSR count). The molecule has 0 unspecified atom stereocenters. The highest BCUT2D eigenvalue weighted by Gasteiger charge is 2.22. The van der Waals surface area contributed by atoms with Crippen LogP contribution in [0.3, 0.4) is 0 Å². The van der Waals surface area contributed by atoms with Crippen molar-refractivity contribution >= 4 is 5.97 Å². The second-order valence-electron chi connectivity index (χ2n) is 5.52. The van der Waals surface area contributed by atoms with Crippen molar-refractivity contribution < 1.29 is 9.53 Å². The van der Waals surface area contributed by atoms with Crippen LogP contribution in [0, 0.1) is 0 Å². The minimum Gasteiger partial charge on any atom is -0.455 e. The monoisotopic (exact) mass is 264 g/mol. The Balaban J connectivity index is 4.20. The van der Waals surface area contributed by atoms with E-state index in [2.05, 4.69) is 39.5 Å². The smallest absolute Gasteiger partial charge is 0.303 e. The number of hydrogen-bond donors (Lipinski definition) is 0. The molecule has 0 spiro atoms. The van der Waals surface area contributed by atoms with Crippen molar-refractivity contribution in [2.24, 2.45) is 0 Å². The fraction of sp³-hybridized carbons (Fsp3) is 0.588. The average molecular weight is 264 g/mol. The molecule has 0 radical (unpaired) electrons. The lowest BCUT2D eigenvalue weighted by Crippen LogP contribution is -2.27. The second-order valence-corrected chi connectivity index (χ2v) is 5.52. The summed E-state index contributed by atoms with van der Waals surface area (Å²) in [6.07, 6.45) is 10.0. The first-order valence-electron chi connectivity index (χ1n) is 6.91. The molecule has 0 bridgehead atoms. The number of rotatable bonds is 8. The van der Waals surface area contributed by atoms with E-state index in [1.54, 1.807) is 6.08 Å². The molecule has 0 aromatic carbocycles. The van der Waals surface area contributed by atoms with E-state index in [4.69, 9.17) is 4.74 Å². The molecule has 0 fully saturated rings. The highest BCUT2D eigenvalue weighted by Crippen LogP contribution is 2.20. The van der Waals surface area contributed by atoms with Gasteiger partial charge < -0.3 is 4.74 Å². The zero-order valence-electron chi connectivity index (χ0n) is 13.1. The Morgan fingerprint density at radius 1 is 1.16 bits per heavy atom. The molecular weight excluding hydrogens is 236 g/mol. The highest BCUT2D eigenvalue weighted by molar-refractivity contribution is 5.66. The van der Waals surface area contributed by atoms with Gasteiger partial charge in [-0.3, -0.25) is 4.79 Å². The molecule has 0 saturated carbocycles. The first-order valence-corrected chi connectivity index (χ1v) is 6.91. The zero-order chi connectivity index (χ0) is 14.9. The lowest BCUT2D eigenvalue weighted by atomic mass is 9.98. The van der Waals surface area contributed by atoms with E-state index in [9.17, 15) is 4.79 Å². The summed E-state index contributed by atoms with van der Waals surface area (Å²) in [6.45, 7) is 13.5. The summed E-state index contributed by atoms with van der Waals surface area (Å²) in [5.41, 5.74) is 2.19. The van der Waals surface area contributed by atoms with E-state index >= 15 is 0 Å². The van der Waals surface area contributed by atoms with Gasteiger partial charge in [0.15, 0.2) is 0 Å². The predicted molar refractivity (Wildman–Crippen MR) is 82.0 cm³/mol. The van der Waals surface area contributed by atoms with Crippen molar-refractivity contribution in [3.05, 3.63) is 36.0 Å². The molecule has 0 aliphatic heterocycles. The molecule has 2 nitrogen and oxygen atoms in total. The van der Waals surface area contributed by atoms with Gasteiger partial charge in [-0.2, -0.15) is 0 Å². The molecule has 19 heavy (non-hydrogen) atoms. The topological polar surface area (TPSA) is 26.3 Å². The van der Waals surface area contributed by atoms with Crippen LogP contribution in [-0.2, 0) is 9.53 Å². The molecule has 0 saturated heterocycles. The summed E-state index contributed by atoms with van der Waals surface area (Å²) in [5, 5.41) is 0. The van der Waals surface area contributed by atoms with Gasteiger partial charge in [-0.25, -0.2) is 0 Å². The Morgan fingerprint density at radius 3 is 2.26 bits per heavy atom. The molecule has 0 aromatic heterocycles. The third-order valence-electron chi connectivity index (χ3n) is 3.03. The predicted octanol–water partition coefficient (Wildman–Crippen LogP) is 4.97. The Bertz CT molecular complexity index is 359. The maximum absolute atomic E-state index is 11.0. The second kappa shape index (κ2) is 8.73. The van der Waals surface area contributed by atoms with Crippen LogP contribution < -0.4 is 0 Å². The maximum Gasteiger partial charge on any atom is 0.303 e. The van der Waals surface area contributed by atoms with Crippen LogP contribution in [0.1, 0.15) is 60.3 Å². The van der Waals surface area contributed by atoms with Crippen molar-refractivity contribution in [2.75, 3.05) is 0 Å². The van der Waals surface area contributed by atoms with E-state index in [1.807, 2.05) is 6.92 Å². The van der Waals surface area contributed by atoms with Gasteiger partial charge in [0.2, 0.25) is 0 Å². The molecule has 108 valence electrons. The molecular formula is C17H28O2. The van der Waals surface area contributed by atoms with E-state index < -0.39 is 5.60 Å². The van der Waals surface area contributed by atoms with Gasteiger partial charge in [-0.05, 0) is 59.5 Å². The number of carbonyl (C=O) groups is 1. The lowest BCUT2D eigenvalue weighted by molar-refractivity contribution is -0.151. The largest absolute Gasteiger partial charge is 0.455 e. The quantitative estimate of drug-likeness (QED) is 0.457. The first-order chi connectivity index (χ1) is 8.79. The van der Waals surface area contributed by atoms with Gasteiger partial charge >= 0.3 is 5.97 Å². The van der Waals surface area contributed by atoms with Crippen LogP contribution in [0.25, 0.3) is 0 Å². The minimum atomic E-state index is -0.553. The van der Waals surface area contributed by atoms with Gasteiger partial charge in [0.05, 0.1) is 0 Å². The molecule has 0 heterocycles. The van der Waals surface area contributed by atoms with Gasteiger partial charge in [-0.1, -0.05) is 29.9 Å². The number of hydrogen-bond acceptors (Lipinski definition) is 2. The third-order valence-corrected chi connectivity index (χ3v) is 3.03. The highest BCUT2D eigenvalue weighted by atomic mass is 16.6. The van der Waals surface area contributed by atoms with Crippen LogP contribution >= 0.6 is 0 Å². The van der Waals surface area contributed by atoms with Crippen LogP contribution in [-0.4, -0.2) is 11.6 Å². The van der Waals surface area contributed by atoms with Crippen LogP contribution in [0.4, 0.5) is 0 Å². The van der Waals surface area contributed by atoms with Gasteiger partial charge in [0, 0.05) is 6.92 Å². The van der Waals surface area contributed by atoms with Crippen molar-refractivity contribution in [1.82, 2.24) is 0 Å². The van der Waals surface area contributed by atoms with E-state index in [0.717, 1.165) is 25.7 Å². The number of allylic oxidation sites excluding steroid dienone is 4. The minimum absolute atomic E-state index is 0.258. The Hall–Kier alpha value is -1.31. The van der Waals surface area contributed by atoms with Gasteiger partial charge in [0.25, 0.3) is 0 Å². The fourth-order valence-corrected chi connectivity index (χ4v) is 1.82. The van der Waals surface area contributed by atoms with Crippen molar-refractivity contribution in [2.45, 2.75) is 65.9 Å². The Morgan fingerprint density at radius 2 is 1.79 bits per heavy atom. The molecule has 0 aromatic rings. The summed E-state index contributed by atoms with van der Waals surface area (Å²) in [4.78, 5) is 11.0. The van der Waals surface area contributed by atoms with Crippen LogP contribution in [0.2, 0.25) is 0 Å². The van der Waals surface area contributed by atoms with Crippen molar-refractivity contribution in [1.29, 1.82) is 0 Å². The maximum atomic E-state index is 11.0. The average Bonchev–Trinajstić information content (AvgIpc) is 2.27. The Labute approximate surface area is 118 Å². The first kappa shape index (κ1) is 17.7. The number of esters is 1. The molecule has 0 aliphatic rings. The van der Waals surface area contributed by atoms with Gasteiger partial charge in [-0.15, -0.1) is 0 Å².